The van der Waals surface area contributed by atoms with Crippen molar-refractivity contribution in [2.75, 3.05) is 6.26 Å². The normalized spacial score (nSPS) is 42.1. The summed E-state index contributed by atoms with van der Waals surface area (Å²) in [7, 11) is -3.78. The molecule has 4 atom stereocenters. The van der Waals surface area contributed by atoms with E-state index in [1.165, 1.54) is 0 Å². The van der Waals surface area contributed by atoms with E-state index in [-0.39, 0.29) is 0 Å². The molecule has 90 valence electrons. The molecule has 1 fully saturated rings. The van der Waals surface area contributed by atoms with Crippen LogP contribution in [0.2, 0.25) is 0 Å². The van der Waals surface area contributed by atoms with Gasteiger partial charge in [0.15, 0.2) is 0 Å². The lowest BCUT2D eigenvalue weighted by molar-refractivity contribution is -0.0998. The minimum Gasteiger partial charge on any atom is -0.344 e. The zero-order valence-electron chi connectivity index (χ0n) is 8.74. The molecular formula is C8H14ClFO4S. The van der Waals surface area contributed by atoms with Crippen LogP contribution >= 0.6 is 11.6 Å². The van der Waals surface area contributed by atoms with Gasteiger partial charge in [0.25, 0.3) is 10.1 Å². The molecule has 2 unspecified atom stereocenters. The molecule has 0 aromatic carbocycles. The Morgan fingerprint density at radius 2 is 2.13 bits per heavy atom. The third kappa shape index (κ3) is 2.81. The lowest BCUT2D eigenvalue weighted by Crippen LogP contribution is -2.35. The summed E-state index contributed by atoms with van der Waals surface area (Å²) in [6.07, 6.45) is -0.621. The predicted molar refractivity (Wildman–Crippen MR) is 53.7 cm³/mol. The SMILES string of the molecule is CC[C@H]1OC(OS(C)(=O)=O)C(F)(Cl)[C@H]1C. The predicted octanol–water partition coefficient (Wildman–Crippen LogP) is 1.64. The first kappa shape index (κ1) is 13.2. The fraction of sp³-hybridized carbons (Fsp3) is 1.00. The summed E-state index contributed by atoms with van der Waals surface area (Å²) in [6.45, 7) is 3.36. The highest BCUT2D eigenvalue weighted by Gasteiger charge is 2.55. The minimum absolute atomic E-state index is 0.431. The first-order valence-corrected chi connectivity index (χ1v) is 6.79. The highest BCUT2D eigenvalue weighted by Crippen LogP contribution is 2.44. The molecule has 15 heavy (non-hydrogen) atoms. The number of halogens is 2. The second kappa shape index (κ2) is 4.16. The summed E-state index contributed by atoms with van der Waals surface area (Å²) >= 11 is 5.58. The van der Waals surface area contributed by atoms with Gasteiger partial charge in [-0.25, -0.2) is 8.57 Å². The van der Waals surface area contributed by atoms with Crippen molar-refractivity contribution in [3.05, 3.63) is 0 Å². The Hall–Kier alpha value is 0.0900. The first-order chi connectivity index (χ1) is 6.68. The van der Waals surface area contributed by atoms with E-state index in [0.717, 1.165) is 6.26 Å². The van der Waals surface area contributed by atoms with E-state index in [4.69, 9.17) is 16.3 Å². The third-order valence-electron chi connectivity index (χ3n) is 2.44. The molecule has 1 aliphatic heterocycles. The average molecular weight is 261 g/mol. The highest BCUT2D eigenvalue weighted by molar-refractivity contribution is 7.86. The molecule has 4 nitrogen and oxygen atoms in total. The van der Waals surface area contributed by atoms with Crippen LogP contribution in [0, 0.1) is 5.92 Å². The number of rotatable bonds is 3. The smallest absolute Gasteiger partial charge is 0.267 e. The lowest BCUT2D eigenvalue weighted by Gasteiger charge is -2.20. The molecule has 0 aromatic heterocycles. The Bertz CT molecular complexity index is 330. The Morgan fingerprint density at radius 3 is 2.47 bits per heavy atom. The van der Waals surface area contributed by atoms with Crippen molar-refractivity contribution in [1.29, 1.82) is 0 Å². The molecule has 0 bridgehead atoms. The van der Waals surface area contributed by atoms with Crippen molar-refractivity contribution >= 4 is 21.7 Å². The van der Waals surface area contributed by atoms with E-state index < -0.39 is 33.6 Å². The van der Waals surface area contributed by atoms with Gasteiger partial charge in [0.2, 0.25) is 11.4 Å². The molecule has 1 saturated heterocycles. The van der Waals surface area contributed by atoms with E-state index in [0.29, 0.717) is 6.42 Å². The minimum atomic E-state index is -3.78. The zero-order chi connectivity index (χ0) is 11.9. The van der Waals surface area contributed by atoms with Gasteiger partial charge < -0.3 is 4.74 Å². The van der Waals surface area contributed by atoms with Crippen molar-refractivity contribution < 1.29 is 21.7 Å². The number of hydrogen-bond acceptors (Lipinski definition) is 4. The van der Waals surface area contributed by atoms with Gasteiger partial charge in [-0.2, -0.15) is 8.42 Å². The molecule has 0 saturated carbocycles. The van der Waals surface area contributed by atoms with Crippen LogP contribution in [0.1, 0.15) is 20.3 Å². The average Bonchev–Trinajstić information content (AvgIpc) is 2.26. The van der Waals surface area contributed by atoms with E-state index in [1.54, 1.807) is 13.8 Å². The van der Waals surface area contributed by atoms with Gasteiger partial charge in [-0.05, 0) is 6.42 Å². The van der Waals surface area contributed by atoms with Crippen LogP contribution in [0.25, 0.3) is 0 Å². The monoisotopic (exact) mass is 260 g/mol. The Kier molecular flexibility index (Phi) is 3.65. The molecule has 0 aliphatic carbocycles. The van der Waals surface area contributed by atoms with Crippen molar-refractivity contribution in [3.8, 4) is 0 Å². The summed E-state index contributed by atoms with van der Waals surface area (Å²) < 4.78 is 45.2. The third-order valence-corrected chi connectivity index (χ3v) is 3.49. The van der Waals surface area contributed by atoms with Crippen molar-refractivity contribution in [2.24, 2.45) is 5.92 Å². The number of alkyl halides is 2. The van der Waals surface area contributed by atoms with Crippen LogP contribution in [-0.2, 0) is 19.0 Å². The first-order valence-electron chi connectivity index (χ1n) is 4.60. The molecule has 0 aromatic rings. The molecule has 1 heterocycles. The van der Waals surface area contributed by atoms with Gasteiger partial charge in [0.05, 0.1) is 12.4 Å². The topological polar surface area (TPSA) is 52.6 Å². The molecule has 0 amide bonds. The van der Waals surface area contributed by atoms with Gasteiger partial charge in [-0.1, -0.05) is 25.4 Å². The van der Waals surface area contributed by atoms with Crippen LogP contribution in [-0.4, -0.2) is 32.2 Å². The van der Waals surface area contributed by atoms with Crippen LogP contribution in [0.5, 0.6) is 0 Å². The van der Waals surface area contributed by atoms with Crippen molar-refractivity contribution in [2.45, 2.75) is 37.8 Å². The van der Waals surface area contributed by atoms with E-state index >= 15 is 0 Å². The quantitative estimate of drug-likeness (QED) is 0.572. The largest absolute Gasteiger partial charge is 0.344 e. The molecule has 0 radical (unpaired) electrons. The van der Waals surface area contributed by atoms with Gasteiger partial charge in [0, 0.05) is 5.92 Å². The van der Waals surface area contributed by atoms with Crippen LogP contribution in [0.3, 0.4) is 0 Å². The number of ether oxygens (including phenoxy) is 1. The van der Waals surface area contributed by atoms with Crippen LogP contribution in [0.4, 0.5) is 4.39 Å². The second-order valence-electron chi connectivity index (χ2n) is 3.68. The fourth-order valence-corrected chi connectivity index (χ4v) is 2.32. The van der Waals surface area contributed by atoms with Gasteiger partial charge in [0.1, 0.15) is 0 Å². The van der Waals surface area contributed by atoms with Gasteiger partial charge >= 0.3 is 0 Å². The Morgan fingerprint density at radius 1 is 1.60 bits per heavy atom. The molecule has 0 spiro atoms. The van der Waals surface area contributed by atoms with Crippen LogP contribution < -0.4 is 0 Å². The molecule has 1 aliphatic rings. The summed E-state index contributed by atoms with van der Waals surface area (Å²) in [6, 6.07) is 0. The summed E-state index contributed by atoms with van der Waals surface area (Å²) in [5, 5.41) is -2.30. The second-order valence-corrected chi connectivity index (χ2v) is 5.86. The lowest BCUT2D eigenvalue weighted by atomic mass is 10.00. The Balaban J connectivity index is 2.84. The standard InChI is InChI=1S/C8H14ClFO4S/c1-4-6-5(2)8(9,10)7(13-6)14-15(3,11)12/h5-7H,4H2,1-3H3/t5-,6+,7?,8?/m0/s1. The van der Waals surface area contributed by atoms with E-state index in [9.17, 15) is 12.8 Å². The fourth-order valence-electron chi connectivity index (χ4n) is 1.53. The molecular weight excluding hydrogens is 247 g/mol. The molecule has 1 rings (SSSR count). The van der Waals surface area contributed by atoms with Gasteiger partial charge in [-0.15, -0.1) is 0 Å². The van der Waals surface area contributed by atoms with Gasteiger partial charge in [-0.3, -0.25) is 0 Å². The van der Waals surface area contributed by atoms with E-state index in [1.807, 2.05) is 0 Å². The maximum atomic E-state index is 13.9. The number of hydrogen-bond donors (Lipinski definition) is 0. The summed E-state index contributed by atoms with van der Waals surface area (Å²) in [4.78, 5) is 0. The van der Waals surface area contributed by atoms with Crippen molar-refractivity contribution in [1.82, 2.24) is 0 Å². The summed E-state index contributed by atoms with van der Waals surface area (Å²) in [5.41, 5.74) is 0. The maximum absolute atomic E-state index is 13.9. The zero-order valence-corrected chi connectivity index (χ0v) is 10.3. The summed E-state index contributed by atoms with van der Waals surface area (Å²) in [5.74, 6) is -0.615. The molecule has 0 N–H and O–H groups in total. The maximum Gasteiger partial charge on any atom is 0.267 e. The van der Waals surface area contributed by atoms with Crippen molar-refractivity contribution in [3.63, 3.8) is 0 Å². The Labute approximate surface area is 93.8 Å². The van der Waals surface area contributed by atoms with Crippen LogP contribution in [0.15, 0.2) is 0 Å². The van der Waals surface area contributed by atoms with E-state index in [2.05, 4.69) is 4.18 Å². The molecule has 7 heteroatoms. The highest BCUT2D eigenvalue weighted by atomic mass is 35.5.